The molecule has 1 aliphatic heterocycles. The molecule has 1 saturated heterocycles. The SMILES string of the molecule is Cl.O=C(Nc1nccs1)C1CN(c2ccc(F)cc2)CCN1. The van der Waals surface area contributed by atoms with E-state index in [9.17, 15) is 9.18 Å². The Morgan fingerprint density at radius 3 is 2.86 bits per heavy atom. The Kier molecular flexibility index (Phi) is 5.70. The van der Waals surface area contributed by atoms with E-state index in [0.717, 1.165) is 12.2 Å². The number of benzene rings is 1. The van der Waals surface area contributed by atoms with Crippen LogP contribution in [0.15, 0.2) is 35.8 Å². The topological polar surface area (TPSA) is 57.3 Å². The summed E-state index contributed by atoms with van der Waals surface area (Å²) in [5, 5.41) is 8.40. The van der Waals surface area contributed by atoms with Gasteiger partial charge in [0.15, 0.2) is 5.13 Å². The van der Waals surface area contributed by atoms with E-state index < -0.39 is 0 Å². The number of thiazole rings is 1. The number of nitrogens with zero attached hydrogens (tertiary/aromatic N) is 2. The number of nitrogens with one attached hydrogen (secondary N) is 2. The second kappa shape index (κ2) is 7.53. The van der Waals surface area contributed by atoms with Gasteiger partial charge in [0.05, 0.1) is 0 Å². The Morgan fingerprint density at radius 2 is 2.18 bits per heavy atom. The van der Waals surface area contributed by atoms with Gasteiger partial charge in [-0.05, 0) is 24.3 Å². The fourth-order valence-corrected chi connectivity index (χ4v) is 2.82. The van der Waals surface area contributed by atoms with Crippen molar-refractivity contribution in [3.63, 3.8) is 0 Å². The van der Waals surface area contributed by atoms with Gasteiger partial charge in [-0.2, -0.15) is 0 Å². The van der Waals surface area contributed by atoms with E-state index in [2.05, 4.69) is 20.5 Å². The third kappa shape index (κ3) is 3.94. The van der Waals surface area contributed by atoms with Crippen molar-refractivity contribution in [3.05, 3.63) is 41.7 Å². The molecule has 1 amide bonds. The Balaban J connectivity index is 0.00000176. The Labute approximate surface area is 138 Å². The van der Waals surface area contributed by atoms with Crippen LogP contribution in [0.1, 0.15) is 0 Å². The zero-order chi connectivity index (χ0) is 14.7. The lowest BCUT2D eigenvalue weighted by molar-refractivity contribution is -0.118. The van der Waals surface area contributed by atoms with Gasteiger partial charge >= 0.3 is 0 Å². The average molecular weight is 343 g/mol. The van der Waals surface area contributed by atoms with Crippen molar-refractivity contribution in [2.24, 2.45) is 0 Å². The fraction of sp³-hybridized carbons (Fsp3) is 0.286. The van der Waals surface area contributed by atoms with Crippen molar-refractivity contribution in [2.45, 2.75) is 6.04 Å². The highest BCUT2D eigenvalue weighted by Gasteiger charge is 2.25. The largest absolute Gasteiger partial charge is 0.368 e. The second-order valence-corrected chi connectivity index (χ2v) is 5.65. The van der Waals surface area contributed by atoms with Gasteiger partial charge in [0.1, 0.15) is 11.9 Å². The number of carbonyl (C=O) groups is 1. The lowest BCUT2D eigenvalue weighted by atomic mass is 10.1. The molecule has 0 aliphatic carbocycles. The number of rotatable bonds is 3. The smallest absolute Gasteiger partial charge is 0.245 e. The fourth-order valence-electron chi connectivity index (χ4n) is 2.29. The zero-order valence-corrected chi connectivity index (χ0v) is 13.3. The van der Waals surface area contributed by atoms with Crippen LogP contribution in [0.4, 0.5) is 15.2 Å². The van der Waals surface area contributed by atoms with E-state index >= 15 is 0 Å². The third-order valence-corrected chi connectivity index (χ3v) is 4.03. The molecule has 2 N–H and O–H groups in total. The molecular formula is C14H16ClFN4OS. The molecule has 0 saturated carbocycles. The molecule has 1 unspecified atom stereocenters. The van der Waals surface area contributed by atoms with Gasteiger partial charge < -0.3 is 15.5 Å². The monoisotopic (exact) mass is 342 g/mol. The summed E-state index contributed by atoms with van der Waals surface area (Å²) in [4.78, 5) is 18.3. The lowest BCUT2D eigenvalue weighted by Crippen LogP contribution is -2.55. The van der Waals surface area contributed by atoms with Crippen molar-refractivity contribution in [1.29, 1.82) is 0 Å². The van der Waals surface area contributed by atoms with Crippen molar-refractivity contribution < 1.29 is 9.18 Å². The number of halogens is 2. The van der Waals surface area contributed by atoms with E-state index in [1.165, 1.54) is 23.5 Å². The molecule has 1 aromatic carbocycles. The van der Waals surface area contributed by atoms with Crippen molar-refractivity contribution in [2.75, 3.05) is 29.9 Å². The number of hydrogen-bond acceptors (Lipinski definition) is 5. The molecule has 5 nitrogen and oxygen atoms in total. The highest BCUT2D eigenvalue weighted by Crippen LogP contribution is 2.17. The standard InChI is InChI=1S/C14H15FN4OS.ClH/c15-10-1-3-11(4-2-10)19-7-5-16-12(9-19)13(20)18-14-17-6-8-21-14;/h1-4,6,8,12,16H,5,7,9H2,(H,17,18,20);1H. The van der Waals surface area contributed by atoms with Crippen molar-refractivity contribution >= 4 is 40.5 Å². The molecule has 1 aromatic heterocycles. The summed E-state index contributed by atoms with van der Waals surface area (Å²) in [6.45, 7) is 2.03. The number of hydrogen-bond donors (Lipinski definition) is 2. The average Bonchev–Trinajstić information content (AvgIpc) is 3.01. The number of carbonyl (C=O) groups excluding carboxylic acids is 1. The summed E-state index contributed by atoms with van der Waals surface area (Å²) < 4.78 is 13.0. The number of piperazine rings is 1. The molecule has 2 heterocycles. The summed E-state index contributed by atoms with van der Waals surface area (Å²) in [5.74, 6) is -0.358. The van der Waals surface area contributed by atoms with Crippen LogP contribution < -0.4 is 15.5 Å². The first-order chi connectivity index (χ1) is 10.2. The van der Waals surface area contributed by atoms with E-state index in [0.29, 0.717) is 18.2 Å². The molecule has 1 fully saturated rings. The van der Waals surface area contributed by atoms with E-state index in [-0.39, 0.29) is 30.2 Å². The molecule has 3 rings (SSSR count). The number of anilines is 2. The minimum Gasteiger partial charge on any atom is -0.368 e. The van der Waals surface area contributed by atoms with Gasteiger partial charge in [-0.25, -0.2) is 9.37 Å². The van der Waals surface area contributed by atoms with Crippen LogP contribution in [-0.2, 0) is 4.79 Å². The van der Waals surface area contributed by atoms with Gasteiger partial charge in [0.25, 0.3) is 0 Å². The normalized spacial score (nSPS) is 17.7. The van der Waals surface area contributed by atoms with Gasteiger partial charge in [-0.3, -0.25) is 4.79 Å². The molecule has 1 aliphatic rings. The predicted octanol–water partition coefficient (Wildman–Crippen LogP) is 2.12. The summed E-state index contributed by atoms with van der Waals surface area (Å²) in [7, 11) is 0. The molecule has 0 radical (unpaired) electrons. The van der Waals surface area contributed by atoms with E-state index in [1.54, 1.807) is 18.3 Å². The second-order valence-electron chi connectivity index (χ2n) is 4.76. The van der Waals surface area contributed by atoms with Crippen molar-refractivity contribution in [1.82, 2.24) is 10.3 Å². The highest BCUT2D eigenvalue weighted by molar-refractivity contribution is 7.13. The van der Waals surface area contributed by atoms with Crippen LogP contribution in [0.5, 0.6) is 0 Å². The van der Waals surface area contributed by atoms with Crippen LogP contribution >= 0.6 is 23.7 Å². The van der Waals surface area contributed by atoms with E-state index in [1.807, 2.05) is 5.38 Å². The van der Waals surface area contributed by atoms with Crippen LogP contribution in [0.3, 0.4) is 0 Å². The highest BCUT2D eigenvalue weighted by atomic mass is 35.5. The van der Waals surface area contributed by atoms with Crippen molar-refractivity contribution in [3.8, 4) is 0 Å². The van der Waals surface area contributed by atoms with E-state index in [4.69, 9.17) is 0 Å². The Hall–Kier alpha value is -1.70. The maximum absolute atomic E-state index is 13.0. The summed E-state index contributed by atoms with van der Waals surface area (Å²) in [6, 6.07) is 6.02. The summed E-state index contributed by atoms with van der Waals surface area (Å²) in [6.07, 6.45) is 1.65. The molecule has 0 spiro atoms. The summed E-state index contributed by atoms with van der Waals surface area (Å²) >= 11 is 1.39. The Morgan fingerprint density at radius 1 is 1.41 bits per heavy atom. The third-order valence-electron chi connectivity index (χ3n) is 3.35. The Bertz CT molecular complexity index is 608. The lowest BCUT2D eigenvalue weighted by Gasteiger charge is -2.34. The minimum absolute atomic E-state index is 0. The van der Waals surface area contributed by atoms with Gasteiger partial charge in [0, 0.05) is 36.9 Å². The first-order valence-electron chi connectivity index (χ1n) is 6.66. The molecular weight excluding hydrogens is 327 g/mol. The molecule has 22 heavy (non-hydrogen) atoms. The quantitative estimate of drug-likeness (QED) is 0.897. The van der Waals surface area contributed by atoms with Crippen LogP contribution in [0.2, 0.25) is 0 Å². The predicted molar refractivity (Wildman–Crippen MR) is 88.4 cm³/mol. The number of amides is 1. The molecule has 1 atom stereocenters. The van der Waals surface area contributed by atoms with Crippen LogP contribution in [-0.4, -0.2) is 36.6 Å². The summed E-state index contributed by atoms with van der Waals surface area (Å²) in [5.41, 5.74) is 0.921. The van der Waals surface area contributed by atoms with Gasteiger partial charge in [-0.15, -0.1) is 23.7 Å². The van der Waals surface area contributed by atoms with Gasteiger partial charge in [-0.1, -0.05) is 0 Å². The maximum atomic E-state index is 13.0. The van der Waals surface area contributed by atoms with Crippen LogP contribution in [0, 0.1) is 5.82 Å². The molecule has 0 bridgehead atoms. The van der Waals surface area contributed by atoms with Crippen LogP contribution in [0.25, 0.3) is 0 Å². The molecule has 2 aromatic rings. The zero-order valence-electron chi connectivity index (χ0n) is 11.7. The first kappa shape index (κ1) is 16.7. The maximum Gasteiger partial charge on any atom is 0.245 e. The minimum atomic E-state index is -0.312. The molecule has 118 valence electrons. The molecule has 8 heteroatoms. The number of aromatic nitrogens is 1. The van der Waals surface area contributed by atoms with Gasteiger partial charge in [0.2, 0.25) is 5.91 Å². The first-order valence-corrected chi connectivity index (χ1v) is 7.54.